The average Bonchev–Trinajstić information content (AvgIpc) is 3.23. The Morgan fingerprint density at radius 3 is 1.53 bits per heavy atom. The molecule has 10 aromatic rings. The van der Waals surface area contributed by atoms with Crippen LogP contribution in [0.25, 0.3) is 53.9 Å². The zero-order valence-corrected chi connectivity index (χ0v) is 29.6. The Bertz CT molecular complexity index is 2960. The van der Waals surface area contributed by atoms with E-state index in [-0.39, 0.29) is 0 Å². The van der Waals surface area contributed by atoms with Crippen molar-refractivity contribution in [2.45, 2.75) is 12.3 Å². The fourth-order valence-electron chi connectivity index (χ4n) is 8.60. The molecule has 10 aromatic carbocycles. The second kappa shape index (κ2) is 12.5. The highest BCUT2D eigenvalue weighted by molar-refractivity contribution is 6.22. The van der Waals surface area contributed by atoms with E-state index in [0.717, 1.165) is 17.1 Å². The van der Waals surface area contributed by atoms with E-state index in [0.29, 0.717) is 0 Å². The van der Waals surface area contributed by atoms with Crippen molar-refractivity contribution in [1.29, 1.82) is 0 Å². The van der Waals surface area contributed by atoms with Crippen LogP contribution in [-0.2, 0) is 5.41 Å². The quantitative estimate of drug-likeness (QED) is 0.125. The number of rotatable bonds is 6. The predicted octanol–water partition coefficient (Wildman–Crippen LogP) is 14.3. The van der Waals surface area contributed by atoms with Gasteiger partial charge >= 0.3 is 0 Å². The summed E-state index contributed by atoms with van der Waals surface area (Å²) in [7, 11) is 0. The van der Waals surface area contributed by atoms with Gasteiger partial charge in [-0.15, -0.1) is 0 Å². The SMILES string of the molecule is C[C@](c1ccccc1)(c1ccc2ccccc2c1)c1cc2c3ccccc3c(N(c3ccccc3)c3ccc4ccccc4c3)cc2c2ccccc12. The highest BCUT2D eigenvalue weighted by atomic mass is 15.1. The van der Waals surface area contributed by atoms with Gasteiger partial charge in [0.1, 0.15) is 0 Å². The molecule has 0 amide bonds. The van der Waals surface area contributed by atoms with Crippen molar-refractivity contribution < 1.29 is 0 Å². The molecule has 250 valence electrons. The summed E-state index contributed by atoms with van der Waals surface area (Å²) in [4.78, 5) is 2.43. The van der Waals surface area contributed by atoms with Crippen molar-refractivity contribution >= 4 is 70.9 Å². The minimum absolute atomic E-state index is 0.431. The van der Waals surface area contributed by atoms with Crippen LogP contribution in [0.3, 0.4) is 0 Å². The molecule has 0 fully saturated rings. The Labute approximate surface area is 310 Å². The lowest BCUT2D eigenvalue weighted by Crippen LogP contribution is -2.25. The standard InChI is InChI=1S/C52H37N/c1-52(40-20-4-2-5-21-40,41-30-28-36-16-8-10-18-38(36)32-41)50-34-48-45-25-13-15-27-47(45)51(35-49(48)44-24-12-14-26-46(44)50)53(42-22-6-3-7-23-42)43-31-29-37-17-9-11-19-39(37)33-43/h2-35H,1H3/t52-/m0/s1. The summed E-state index contributed by atoms with van der Waals surface area (Å²) in [5.74, 6) is 0. The van der Waals surface area contributed by atoms with E-state index < -0.39 is 5.41 Å². The molecule has 0 N–H and O–H groups in total. The topological polar surface area (TPSA) is 3.24 Å². The minimum atomic E-state index is -0.431. The minimum Gasteiger partial charge on any atom is -0.310 e. The van der Waals surface area contributed by atoms with Crippen LogP contribution in [0.2, 0.25) is 0 Å². The number of para-hydroxylation sites is 1. The van der Waals surface area contributed by atoms with Crippen molar-refractivity contribution in [3.05, 3.63) is 223 Å². The molecule has 0 aromatic heterocycles. The highest BCUT2D eigenvalue weighted by Crippen LogP contribution is 2.48. The van der Waals surface area contributed by atoms with Crippen LogP contribution in [0.1, 0.15) is 23.6 Å². The molecular formula is C52H37N. The van der Waals surface area contributed by atoms with Gasteiger partial charge in [0.05, 0.1) is 5.69 Å². The predicted molar refractivity (Wildman–Crippen MR) is 227 cm³/mol. The second-order valence-corrected chi connectivity index (χ2v) is 14.3. The molecule has 0 saturated heterocycles. The van der Waals surface area contributed by atoms with Gasteiger partial charge in [0, 0.05) is 22.2 Å². The van der Waals surface area contributed by atoms with Crippen molar-refractivity contribution in [2.75, 3.05) is 4.90 Å². The molecule has 1 heteroatoms. The van der Waals surface area contributed by atoms with E-state index in [4.69, 9.17) is 0 Å². The molecule has 1 nitrogen and oxygen atoms in total. The third kappa shape index (κ3) is 5.08. The van der Waals surface area contributed by atoms with Gasteiger partial charge in [0.25, 0.3) is 0 Å². The van der Waals surface area contributed by atoms with Crippen molar-refractivity contribution in [1.82, 2.24) is 0 Å². The van der Waals surface area contributed by atoms with E-state index in [1.54, 1.807) is 0 Å². The van der Waals surface area contributed by atoms with Crippen LogP contribution in [0.5, 0.6) is 0 Å². The van der Waals surface area contributed by atoms with Crippen LogP contribution >= 0.6 is 0 Å². The van der Waals surface area contributed by atoms with Crippen LogP contribution in [0.15, 0.2) is 206 Å². The molecule has 0 aliphatic rings. The maximum atomic E-state index is 2.49. The zero-order valence-electron chi connectivity index (χ0n) is 29.6. The lowest BCUT2D eigenvalue weighted by atomic mass is 9.68. The summed E-state index contributed by atoms with van der Waals surface area (Å²) >= 11 is 0. The van der Waals surface area contributed by atoms with Crippen LogP contribution in [-0.4, -0.2) is 0 Å². The summed E-state index contributed by atoms with van der Waals surface area (Å²) in [5.41, 5.74) is 6.84. The van der Waals surface area contributed by atoms with E-state index in [1.165, 1.54) is 70.6 Å². The first-order valence-corrected chi connectivity index (χ1v) is 18.4. The third-order valence-corrected chi connectivity index (χ3v) is 11.3. The third-order valence-electron chi connectivity index (χ3n) is 11.3. The molecule has 0 heterocycles. The molecule has 0 aliphatic carbocycles. The van der Waals surface area contributed by atoms with Crippen LogP contribution in [0.4, 0.5) is 17.1 Å². The first-order valence-electron chi connectivity index (χ1n) is 18.4. The monoisotopic (exact) mass is 675 g/mol. The van der Waals surface area contributed by atoms with Gasteiger partial charge in [-0.1, -0.05) is 164 Å². The van der Waals surface area contributed by atoms with Gasteiger partial charge in [0.2, 0.25) is 0 Å². The number of fused-ring (bicyclic) bond motifs is 7. The maximum absolute atomic E-state index is 2.49. The Kier molecular flexibility index (Phi) is 7.33. The molecule has 10 rings (SSSR count). The molecule has 0 unspecified atom stereocenters. The molecule has 0 saturated carbocycles. The fourth-order valence-corrected chi connectivity index (χ4v) is 8.60. The highest BCUT2D eigenvalue weighted by Gasteiger charge is 2.34. The normalized spacial score (nSPS) is 12.8. The maximum Gasteiger partial charge on any atom is 0.0546 e. The number of hydrogen-bond acceptors (Lipinski definition) is 1. The van der Waals surface area contributed by atoms with Gasteiger partial charge in [-0.2, -0.15) is 0 Å². The molecule has 0 bridgehead atoms. The summed E-state index contributed by atoms with van der Waals surface area (Å²) in [6, 6.07) is 75.8. The van der Waals surface area contributed by atoms with E-state index in [1.807, 2.05) is 0 Å². The largest absolute Gasteiger partial charge is 0.310 e. The van der Waals surface area contributed by atoms with Crippen molar-refractivity contribution in [3.63, 3.8) is 0 Å². The number of hydrogen-bond donors (Lipinski definition) is 0. The Morgan fingerprint density at radius 2 is 0.830 bits per heavy atom. The molecule has 0 aliphatic heterocycles. The van der Waals surface area contributed by atoms with Gasteiger partial charge in [-0.05, 0) is 115 Å². The lowest BCUT2D eigenvalue weighted by Gasteiger charge is -2.34. The summed E-state index contributed by atoms with van der Waals surface area (Å²) in [6.07, 6.45) is 0. The van der Waals surface area contributed by atoms with Gasteiger partial charge in [-0.3, -0.25) is 0 Å². The molecule has 1 atom stereocenters. The van der Waals surface area contributed by atoms with Crippen LogP contribution in [0, 0.1) is 0 Å². The number of anilines is 3. The average molecular weight is 676 g/mol. The number of benzene rings is 10. The van der Waals surface area contributed by atoms with Crippen molar-refractivity contribution in [2.24, 2.45) is 0 Å². The molecule has 53 heavy (non-hydrogen) atoms. The Morgan fingerprint density at radius 1 is 0.321 bits per heavy atom. The first-order chi connectivity index (χ1) is 26.2. The van der Waals surface area contributed by atoms with Gasteiger partial charge in [0.15, 0.2) is 0 Å². The summed E-state index contributed by atoms with van der Waals surface area (Å²) in [5, 5.41) is 12.4. The summed E-state index contributed by atoms with van der Waals surface area (Å²) < 4.78 is 0. The Hall–Kier alpha value is -6.70. The van der Waals surface area contributed by atoms with E-state index >= 15 is 0 Å². The van der Waals surface area contributed by atoms with E-state index in [2.05, 4.69) is 218 Å². The fraction of sp³-hybridized carbons (Fsp3) is 0.0385. The van der Waals surface area contributed by atoms with Gasteiger partial charge in [-0.25, -0.2) is 0 Å². The van der Waals surface area contributed by atoms with Gasteiger partial charge < -0.3 is 4.90 Å². The molecule has 0 radical (unpaired) electrons. The van der Waals surface area contributed by atoms with Crippen molar-refractivity contribution in [3.8, 4) is 0 Å². The zero-order chi connectivity index (χ0) is 35.4. The molecular weight excluding hydrogens is 639 g/mol. The smallest absolute Gasteiger partial charge is 0.0546 e. The molecule has 0 spiro atoms. The van der Waals surface area contributed by atoms with Crippen LogP contribution < -0.4 is 4.90 Å². The van der Waals surface area contributed by atoms with E-state index in [9.17, 15) is 0 Å². The summed E-state index contributed by atoms with van der Waals surface area (Å²) in [6.45, 7) is 2.41. The lowest BCUT2D eigenvalue weighted by molar-refractivity contribution is 0.701. The Balaban J connectivity index is 1.30. The first kappa shape index (κ1) is 31.1. The second-order valence-electron chi connectivity index (χ2n) is 14.3. The number of nitrogens with zero attached hydrogens (tertiary/aromatic N) is 1.